The van der Waals surface area contributed by atoms with E-state index < -0.39 is 5.97 Å². The molecule has 0 saturated heterocycles. The van der Waals surface area contributed by atoms with Crippen LogP contribution >= 0.6 is 0 Å². The van der Waals surface area contributed by atoms with Gasteiger partial charge in [-0.15, -0.1) is 0 Å². The predicted octanol–water partition coefficient (Wildman–Crippen LogP) is 2.79. The lowest BCUT2D eigenvalue weighted by molar-refractivity contribution is -0.137. The summed E-state index contributed by atoms with van der Waals surface area (Å²) in [7, 11) is 0. The first-order valence-corrected chi connectivity index (χ1v) is 6.55. The van der Waals surface area contributed by atoms with Crippen LogP contribution in [0.15, 0.2) is 0 Å². The maximum absolute atomic E-state index is 10.5. The van der Waals surface area contributed by atoms with Gasteiger partial charge in [0.05, 0.1) is 6.42 Å². The number of carbonyl (C=O) groups is 1. The molecular weight excluding hydrogens is 202 g/mol. The minimum absolute atomic E-state index is 0.106. The summed E-state index contributed by atoms with van der Waals surface area (Å²) in [5, 5.41) is 8.64. The molecular formula is C13H25NO2. The van der Waals surface area contributed by atoms with Gasteiger partial charge in [0.1, 0.15) is 0 Å². The van der Waals surface area contributed by atoms with Crippen molar-refractivity contribution in [3.63, 3.8) is 0 Å². The average Bonchev–Trinajstić information content (AvgIpc) is 2.17. The molecule has 0 aromatic carbocycles. The molecule has 0 spiro atoms. The summed E-state index contributed by atoms with van der Waals surface area (Å²) in [6.45, 7) is 2.20. The number of carboxylic acids is 1. The molecule has 0 radical (unpaired) electrons. The molecule has 0 unspecified atom stereocenters. The van der Waals surface area contributed by atoms with Gasteiger partial charge in [-0.3, -0.25) is 4.79 Å². The van der Waals surface area contributed by atoms with Crippen LogP contribution in [0.5, 0.6) is 0 Å². The minimum atomic E-state index is -0.780. The van der Waals surface area contributed by atoms with Crippen LogP contribution in [0.4, 0.5) is 0 Å². The van der Waals surface area contributed by atoms with Crippen LogP contribution < -0.4 is 5.73 Å². The van der Waals surface area contributed by atoms with E-state index in [1.165, 1.54) is 38.5 Å². The van der Waals surface area contributed by atoms with Crippen molar-refractivity contribution in [2.75, 3.05) is 0 Å². The Bertz CT molecular complexity index is 212. The van der Waals surface area contributed by atoms with Gasteiger partial charge < -0.3 is 10.8 Å². The topological polar surface area (TPSA) is 63.3 Å². The van der Waals surface area contributed by atoms with E-state index in [2.05, 4.69) is 6.92 Å². The summed E-state index contributed by atoms with van der Waals surface area (Å²) in [4.78, 5) is 10.5. The molecule has 0 aromatic heterocycles. The number of rotatable bonds is 6. The lowest BCUT2D eigenvalue weighted by Crippen LogP contribution is -2.26. The Morgan fingerprint density at radius 3 is 2.56 bits per heavy atom. The summed E-state index contributed by atoms with van der Waals surface area (Å²) in [5.41, 5.74) is 5.80. The number of nitrogens with two attached hydrogens (primary N) is 1. The van der Waals surface area contributed by atoms with Crippen molar-refractivity contribution in [3.05, 3.63) is 0 Å². The number of hydrogen-bond donors (Lipinski definition) is 2. The molecule has 1 aliphatic rings. The molecule has 2 atom stereocenters. The maximum atomic E-state index is 10.5. The monoisotopic (exact) mass is 227 g/mol. The fourth-order valence-corrected chi connectivity index (χ4v) is 2.91. The predicted molar refractivity (Wildman–Crippen MR) is 65.2 cm³/mol. The van der Waals surface area contributed by atoms with Crippen LogP contribution in [-0.2, 0) is 4.79 Å². The fourth-order valence-electron chi connectivity index (χ4n) is 2.91. The summed E-state index contributed by atoms with van der Waals surface area (Å²) in [6.07, 6.45) is 9.04. The van der Waals surface area contributed by atoms with Crippen LogP contribution in [0.1, 0.15) is 58.3 Å². The molecule has 0 aromatic rings. The average molecular weight is 227 g/mol. The van der Waals surface area contributed by atoms with E-state index in [9.17, 15) is 4.79 Å². The Kier molecular flexibility index (Phi) is 5.81. The van der Waals surface area contributed by atoms with E-state index in [0.717, 1.165) is 12.3 Å². The van der Waals surface area contributed by atoms with E-state index in [0.29, 0.717) is 5.92 Å². The highest BCUT2D eigenvalue weighted by Crippen LogP contribution is 2.30. The first kappa shape index (κ1) is 13.5. The Morgan fingerprint density at radius 1 is 1.38 bits per heavy atom. The zero-order valence-electron chi connectivity index (χ0n) is 10.3. The molecule has 1 saturated carbocycles. The van der Waals surface area contributed by atoms with Crippen LogP contribution in [-0.4, -0.2) is 17.1 Å². The van der Waals surface area contributed by atoms with Crippen molar-refractivity contribution in [1.29, 1.82) is 0 Å². The largest absolute Gasteiger partial charge is 0.481 e. The summed E-state index contributed by atoms with van der Waals surface area (Å²) in [6, 6.07) is -0.170. The van der Waals surface area contributed by atoms with Gasteiger partial charge in [-0.25, -0.2) is 0 Å². The van der Waals surface area contributed by atoms with E-state index >= 15 is 0 Å². The number of hydrogen-bond acceptors (Lipinski definition) is 2. The molecule has 94 valence electrons. The Hall–Kier alpha value is -0.570. The third kappa shape index (κ3) is 5.50. The van der Waals surface area contributed by atoms with Crippen molar-refractivity contribution in [2.24, 2.45) is 17.6 Å². The molecule has 1 aliphatic carbocycles. The molecule has 0 bridgehead atoms. The lowest BCUT2D eigenvalue weighted by Gasteiger charge is -2.25. The van der Waals surface area contributed by atoms with Crippen molar-refractivity contribution in [1.82, 2.24) is 0 Å². The highest BCUT2D eigenvalue weighted by atomic mass is 16.4. The second-order valence-electron chi connectivity index (χ2n) is 5.44. The SMILES string of the molecule is C[C@H](CC1CCCCC1)C[C@H](N)CC(=O)O. The van der Waals surface area contributed by atoms with Gasteiger partial charge in [-0.05, 0) is 24.7 Å². The highest BCUT2D eigenvalue weighted by Gasteiger charge is 2.18. The molecule has 16 heavy (non-hydrogen) atoms. The number of aliphatic carboxylic acids is 1. The zero-order chi connectivity index (χ0) is 12.0. The molecule has 3 N–H and O–H groups in total. The molecule has 0 heterocycles. The van der Waals surface area contributed by atoms with Gasteiger partial charge in [0.25, 0.3) is 0 Å². The summed E-state index contributed by atoms with van der Waals surface area (Å²) in [5.74, 6) is 0.649. The third-order valence-electron chi connectivity index (χ3n) is 3.60. The van der Waals surface area contributed by atoms with Crippen molar-refractivity contribution >= 4 is 5.97 Å². The smallest absolute Gasteiger partial charge is 0.304 e. The molecule has 3 heteroatoms. The Morgan fingerprint density at radius 2 is 2.00 bits per heavy atom. The number of carboxylic acid groups (broad SMARTS) is 1. The molecule has 0 amide bonds. The van der Waals surface area contributed by atoms with Gasteiger partial charge in [0, 0.05) is 6.04 Å². The maximum Gasteiger partial charge on any atom is 0.304 e. The molecule has 1 rings (SSSR count). The first-order valence-electron chi connectivity index (χ1n) is 6.55. The van der Waals surface area contributed by atoms with Crippen LogP contribution in [0.25, 0.3) is 0 Å². The third-order valence-corrected chi connectivity index (χ3v) is 3.60. The van der Waals surface area contributed by atoms with E-state index in [4.69, 9.17) is 10.8 Å². The molecule has 0 aliphatic heterocycles. The lowest BCUT2D eigenvalue weighted by atomic mass is 9.81. The van der Waals surface area contributed by atoms with E-state index in [-0.39, 0.29) is 12.5 Å². The van der Waals surface area contributed by atoms with Gasteiger partial charge in [-0.1, -0.05) is 39.0 Å². The van der Waals surface area contributed by atoms with Crippen molar-refractivity contribution in [3.8, 4) is 0 Å². The molecule has 1 fully saturated rings. The van der Waals surface area contributed by atoms with Gasteiger partial charge >= 0.3 is 5.97 Å². The summed E-state index contributed by atoms with van der Waals surface area (Å²) < 4.78 is 0. The van der Waals surface area contributed by atoms with Crippen LogP contribution in [0.3, 0.4) is 0 Å². The summed E-state index contributed by atoms with van der Waals surface area (Å²) >= 11 is 0. The van der Waals surface area contributed by atoms with Gasteiger partial charge in [0.15, 0.2) is 0 Å². The minimum Gasteiger partial charge on any atom is -0.481 e. The second-order valence-corrected chi connectivity index (χ2v) is 5.44. The van der Waals surface area contributed by atoms with Crippen LogP contribution in [0, 0.1) is 11.8 Å². The zero-order valence-corrected chi connectivity index (χ0v) is 10.3. The van der Waals surface area contributed by atoms with E-state index in [1.807, 2.05) is 0 Å². The standard InChI is InChI=1S/C13H25NO2/c1-10(8-12(14)9-13(15)16)7-11-5-3-2-4-6-11/h10-12H,2-9,14H2,1H3,(H,15,16)/t10-,12+/m1/s1. The van der Waals surface area contributed by atoms with Crippen LogP contribution in [0.2, 0.25) is 0 Å². The van der Waals surface area contributed by atoms with Crippen molar-refractivity contribution < 1.29 is 9.90 Å². The van der Waals surface area contributed by atoms with Gasteiger partial charge in [0.2, 0.25) is 0 Å². The first-order chi connectivity index (χ1) is 7.58. The van der Waals surface area contributed by atoms with Crippen molar-refractivity contribution in [2.45, 2.75) is 64.3 Å². The van der Waals surface area contributed by atoms with E-state index in [1.54, 1.807) is 0 Å². The highest BCUT2D eigenvalue weighted by molar-refractivity contribution is 5.67. The Balaban J connectivity index is 2.18. The molecule has 3 nitrogen and oxygen atoms in total. The quantitative estimate of drug-likeness (QED) is 0.733. The Labute approximate surface area is 98.4 Å². The second kappa shape index (κ2) is 6.89. The normalized spacial score (nSPS) is 21.6. The van der Waals surface area contributed by atoms with Gasteiger partial charge in [-0.2, -0.15) is 0 Å². The fraction of sp³-hybridized carbons (Fsp3) is 0.923.